The Morgan fingerprint density at radius 2 is 2.42 bits per heavy atom. The third kappa shape index (κ3) is 3.41. The van der Waals surface area contributed by atoms with Gasteiger partial charge in [0, 0.05) is 0 Å². The van der Waals surface area contributed by atoms with Crippen molar-refractivity contribution in [2.75, 3.05) is 12.0 Å². The van der Waals surface area contributed by atoms with Gasteiger partial charge in [-0.3, -0.25) is 0 Å². The van der Waals surface area contributed by atoms with E-state index in [0.29, 0.717) is 16.8 Å². The maximum atomic E-state index is 9.76. The van der Waals surface area contributed by atoms with E-state index in [1.807, 2.05) is 6.92 Å². The van der Waals surface area contributed by atoms with Crippen LogP contribution in [0.4, 0.5) is 5.95 Å². The molecule has 2 rings (SSSR count). The Hall–Kier alpha value is -2.16. The number of hydrogen-bond acceptors (Lipinski definition) is 7. The highest BCUT2D eigenvalue weighted by atomic mass is 79.9. The van der Waals surface area contributed by atoms with Crippen LogP contribution in [0.1, 0.15) is 12.5 Å². The number of ether oxygens (including phenoxy) is 1. The normalized spacial score (nSPS) is 10.8. The van der Waals surface area contributed by atoms with Gasteiger partial charge in [-0.1, -0.05) is 5.10 Å². The van der Waals surface area contributed by atoms with Gasteiger partial charge >= 0.3 is 0 Å². The first kappa shape index (κ1) is 13.3. The van der Waals surface area contributed by atoms with Crippen molar-refractivity contribution >= 4 is 28.1 Å². The fourth-order valence-electron chi connectivity index (χ4n) is 1.31. The van der Waals surface area contributed by atoms with Crippen LogP contribution in [-0.4, -0.2) is 38.6 Å². The zero-order valence-corrected chi connectivity index (χ0v) is 11.5. The van der Waals surface area contributed by atoms with E-state index in [9.17, 15) is 5.11 Å². The van der Waals surface area contributed by atoms with Crippen LogP contribution in [0.2, 0.25) is 0 Å². The van der Waals surface area contributed by atoms with Crippen molar-refractivity contribution in [1.82, 2.24) is 20.6 Å². The van der Waals surface area contributed by atoms with Crippen molar-refractivity contribution in [2.24, 2.45) is 5.10 Å². The van der Waals surface area contributed by atoms with Crippen molar-refractivity contribution in [2.45, 2.75) is 6.92 Å². The van der Waals surface area contributed by atoms with Crippen molar-refractivity contribution in [3.05, 3.63) is 22.2 Å². The highest BCUT2D eigenvalue weighted by Gasteiger charge is 2.08. The summed E-state index contributed by atoms with van der Waals surface area (Å²) in [4.78, 5) is 0. The second-order valence-electron chi connectivity index (χ2n) is 3.39. The van der Waals surface area contributed by atoms with Gasteiger partial charge in [-0.25, -0.2) is 5.43 Å². The van der Waals surface area contributed by atoms with E-state index in [1.165, 1.54) is 0 Å². The third-order valence-corrected chi connectivity index (χ3v) is 2.68. The molecule has 0 fully saturated rings. The quantitative estimate of drug-likeness (QED) is 0.567. The number of aromatic amines is 1. The minimum Gasteiger partial charge on any atom is -0.503 e. The van der Waals surface area contributed by atoms with Crippen LogP contribution in [-0.2, 0) is 0 Å². The van der Waals surface area contributed by atoms with Crippen molar-refractivity contribution in [1.29, 1.82) is 0 Å². The molecule has 0 aliphatic rings. The fourth-order valence-corrected chi connectivity index (χ4v) is 1.77. The molecule has 19 heavy (non-hydrogen) atoms. The minimum atomic E-state index is 0.0603. The number of hydrogen-bond donors (Lipinski definition) is 3. The van der Waals surface area contributed by atoms with Gasteiger partial charge in [0.15, 0.2) is 11.5 Å². The molecule has 8 nitrogen and oxygen atoms in total. The Kier molecular flexibility index (Phi) is 4.29. The van der Waals surface area contributed by atoms with Gasteiger partial charge in [-0.05, 0) is 45.8 Å². The molecule has 0 atom stereocenters. The molecule has 100 valence electrons. The SMILES string of the molecule is CCOc1cc(/C=N/Nc2nn[nH]n2)cc(Br)c1O. The molecule has 0 amide bonds. The first-order chi connectivity index (χ1) is 9.20. The number of benzene rings is 1. The van der Waals surface area contributed by atoms with Gasteiger partial charge in [0.05, 0.1) is 17.3 Å². The monoisotopic (exact) mass is 326 g/mol. The van der Waals surface area contributed by atoms with Crippen molar-refractivity contribution in [3.8, 4) is 11.5 Å². The minimum absolute atomic E-state index is 0.0603. The van der Waals surface area contributed by atoms with Gasteiger partial charge in [-0.15, -0.1) is 5.10 Å². The van der Waals surface area contributed by atoms with E-state index in [-0.39, 0.29) is 11.7 Å². The number of rotatable bonds is 5. The smallest absolute Gasteiger partial charge is 0.283 e. The highest BCUT2D eigenvalue weighted by Crippen LogP contribution is 2.34. The molecular weight excluding hydrogens is 316 g/mol. The molecule has 0 spiro atoms. The number of tetrazole rings is 1. The summed E-state index contributed by atoms with van der Waals surface area (Å²) in [5.74, 6) is 0.710. The standard InChI is InChI=1S/C10H11BrN6O2/c1-2-19-8-4-6(3-7(11)9(8)18)5-12-13-10-14-16-17-15-10/h3-5,18H,2H2,1H3,(H2,13,14,15,16,17)/b12-5+. The summed E-state index contributed by atoms with van der Waals surface area (Å²) in [5.41, 5.74) is 3.33. The molecule has 0 radical (unpaired) electrons. The molecule has 0 aliphatic heterocycles. The molecule has 0 saturated carbocycles. The molecule has 1 heterocycles. The number of anilines is 1. The molecule has 0 aliphatic carbocycles. The van der Waals surface area contributed by atoms with E-state index in [4.69, 9.17) is 4.74 Å². The Labute approximate surface area is 117 Å². The van der Waals surface area contributed by atoms with Gasteiger partial charge in [0.2, 0.25) is 0 Å². The number of phenolic OH excluding ortho intramolecular Hbond substituents is 1. The summed E-state index contributed by atoms with van der Waals surface area (Å²) < 4.78 is 5.84. The predicted molar refractivity (Wildman–Crippen MR) is 72.4 cm³/mol. The summed E-state index contributed by atoms with van der Waals surface area (Å²) in [7, 11) is 0. The Balaban J connectivity index is 2.13. The molecule has 0 unspecified atom stereocenters. The zero-order valence-electron chi connectivity index (χ0n) is 9.96. The lowest BCUT2D eigenvalue weighted by Crippen LogP contribution is -1.96. The lowest BCUT2D eigenvalue weighted by Gasteiger charge is -2.08. The fraction of sp³-hybridized carbons (Fsp3) is 0.200. The van der Waals surface area contributed by atoms with Gasteiger partial charge in [0.25, 0.3) is 5.95 Å². The van der Waals surface area contributed by atoms with Crippen molar-refractivity contribution in [3.63, 3.8) is 0 Å². The number of nitrogens with zero attached hydrogens (tertiary/aromatic N) is 4. The molecule has 2 aromatic rings. The lowest BCUT2D eigenvalue weighted by atomic mass is 10.2. The maximum absolute atomic E-state index is 9.76. The number of H-pyrrole nitrogens is 1. The number of phenols is 1. The topological polar surface area (TPSA) is 108 Å². The number of halogens is 1. The summed E-state index contributed by atoms with van der Waals surface area (Å²) in [6, 6.07) is 3.38. The van der Waals surface area contributed by atoms with Gasteiger partial charge < -0.3 is 9.84 Å². The Bertz CT molecular complexity index is 572. The maximum Gasteiger partial charge on any atom is 0.283 e. The van der Waals surface area contributed by atoms with E-state index in [1.54, 1.807) is 18.3 Å². The highest BCUT2D eigenvalue weighted by molar-refractivity contribution is 9.10. The molecule has 1 aromatic carbocycles. The second-order valence-corrected chi connectivity index (χ2v) is 4.24. The summed E-state index contributed by atoms with van der Waals surface area (Å²) in [6.07, 6.45) is 1.54. The largest absolute Gasteiger partial charge is 0.503 e. The zero-order chi connectivity index (χ0) is 13.7. The molecule has 9 heteroatoms. The van der Waals surface area contributed by atoms with Crippen LogP contribution in [0.25, 0.3) is 0 Å². The molecule has 1 aromatic heterocycles. The van der Waals surface area contributed by atoms with Crippen LogP contribution >= 0.6 is 15.9 Å². The van der Waals surface area contributed by atoms with E-state index in [2.05, 4.69) is 47.1 Å². The van der Waals surface area contributed by atoms with Crippen LogP contribution in [0, 0.1) is 0 Å². The second kappa shape index (κ2) is 6.14. The van der Waals surface area contributed by atoms with E-state index in [0.717, 1.165) is 5.56 Å². The first-order valence-corrected chi connectivity index (χ1v) is 6.18. The van der Waals surface area contributed by atoms with Crippen LogP contribution in [0.15, 0.2) is 21.7 Å². The first-order valence-electron chi connectivity index (χ1n) is 5.38. The van der Waals surface area contributed by atoms with Crippen molar-refractivity contribution < 1.29 is 9.84 Å². The average molecular weight is 327 g/mol. The molecule has 3 N–H and O–H groups in total. The van der Waals surface area contributed by atoms with E-state index < -0.39 is 0 Å². The number of nitrogens with one attached hydrogen (secondary N) is 2. The van der Waals surface area contributed by atoms with Gasteiger partial charge in [0.1, 0.15) is 0 Å². The van der Waals surface area contributed by atoms with E-state index >= 15 is 0 Å². The third-order valence-electron chi connectivity index (χ3n) is 2.07. The summed E-state index contributed by atoms with van der Waals surface area (Å²) in [6.45, 7) is 2.30. The number of aromatic nitrogens is 4. The Morgan fingerprint density at radius 3 is 3.11 bits per heavy atom. The summed E-state index contributed by atoms with van der Waals surface area (Å²) in [5, 5.41) is 26.7. The number of hydrazone groups is 1. The van der Waals surface area contributed by atoms with Crippen LogP contribution < -0.4 is 10.2 Å². The Morgan fingerprint density at radius 1 is 1.58 bits per heavy atom. The molecule has 0 bridgehead atoms. The molecule has 0 saturated heterocycles. The lowest BCUT2D eigenvalue weighted by molar-refractivity contribution is 0.317. The summed E-state index contributed by atoms with van der Waals surface area (Å²) >= 11 is 3.25. The molecular formula is C10H11BrN6O2. The van der Waals surface area contributed by atoms with Crippen LogP contribution in [0.3, 0.4) is 0 Å². The van der Waals surface area contributed by atoms with Gasteiger partial charge in [-0.2, -0.15) is 10.3 Å². The van der Waals surface area contributed by atoms with Crippen LogP contribution in [0.5, 0.6) is 11.5 Å². The average Bonchev–Trinajstić information content (AvgIpc) is 2.89. The number of aromatic hydroxyl groups is 1. The predicted octanol–water partition coefficient (Wildman–Crippen LogP) is 1.51.